The van der Waals surface area contributed by atoms with Gasteiger partial charge in [-0.3, -0.25) is 0 Å². The molecule has 0 bridgehead atoms. The first-order valence-corrected chi connectivity index (χ1v) is 5.15. The van der Waals surface area contributed by atoms with Crippen molar-refractivity contribution >= 4 is 0 Å². The third-order valence-corrected chi connectivity index (χ3v) is 2.79. The first kappa shape index (κ1) is 9.79. The fourth-order valence-electron chi connectivity index (χ4n) is 2.08. The number of hydrogen-bond acceptors (Lipinski definition) is 1. The van der Waals surface area contributed by atoms with Gasteiger partial charge in [-0.25, -0.2) is 0 Å². The van der Waals surface area contributed by atoms with E-state index in [1.54, 1.807) is 11.1 Å². The largest absolute Gasteiger partial charge is 0.316 e. The number of rotatable bonds is 2. The quantitative estimate of drug-likeness (QED) is 0.624. The summed E-state index contributed by atoms with van der Waals surface area (Å²) in [6, 6.07) is 0. The lowest BCUT2D eigenvalue weighted by Gasteiger charge is -2.25. The van der Waals surface area contributed by atoms with E-state index in [4.69, 9.17) is 0 Å². The van der Waals surface area contributed by atoms with Crippen LogP contribution in [0, 0.1) is 5.92 Å². The lowest BCUT2D eigenvalue weighted by molar-refractivity contribution is 0.494. The van der Waals surface area contributed by atoms with Crippen LogP contribution in [0.4, 0.5) is 0 Å². The molecule has 1 N–H and O–H groups in total. The van der Waals surface area contributed by atoms with Crippen LogP contribution in [0.15, 0.2) is 11.1 Å². The minimum Gasteiger partial charge on any atom is -0.316 e. The molecule has 12 heavy (non-hydrogen) atoms. The van der Waals surface area contributed by atoms with Crippen LogP contribution in [0.25, 0.3) is 0 Å². The van der Waals surface area contributed by atoms with E-state index in [2.05, 4.69) is 26.1 Å². The number of hydrogen-bond donors (Lipinski definition) is 1. The van der Waals surface area contributed by atoms with Crippen LogP contribution in [0.3, 0.4) is 0 Å². The second-order valence-corrected chi connectivity index (χ2v) is 3.91. The van der Waals surface area contributed by atoms with E-state index in [1.807, 2.05) is 0 Å². The SMILES string of the molecule is CCC/C(C)=C1\CCNCC1C. The summed E-state index contributed by atoms with van der Waals surface area (Å²) in [5, 5.41) is 3.43. The highest BCUT2D eigenvalue weighted by atomic mass is 14.9. The minimum atomic E-state index is 0.769. The standard InChI is InChI=1S/C11H21N/c1-4-5-9(2)11-6-7-12-8-10(11)3/h10,12H,4-8H2,1-3H3/b11-9+. The van der Waals surface area contributed by atoms with Gasteiger partial charge in [0.15, 0.2) is 0 Å². The minimum absolute atomic E-state index is 0.769. The van der Waals surface area contributed by atoms with Gasteiger partial charge < -0.3 is 5.32 Å². The highest BCUT2D eigenvalue weighted by Gasteiger charge is 2.15. The van der Waals surface area contributed by atoms with Crippen LogP contribution in [-0.4, -0.2) is 13.1 Å². The molecule has 0 aromatic rings. The molecule has 1 heterocycles. The fourth-order valence-corrected chi connectivity index (χ4v) is 2.08. The fraction of sp³-hybridized carbons (Fsp3) is 0.818. The smallest absolute Gasteiger partial charge is 0.00144 e. The monoisotopic (exact) mass is 167 g/mol. The van der Waals surface area contributed by atoms with Gasteiger partial charge in [0.2, 0.25) is 0 Å². The van der Waals surface area contributed by atoms with E-state index in [0.717, 1.165) is 5.92 Å². The highest BCUT2D eigenvalue weighted by molar-refractivity contribution is 5.17. The first-order chi connectivity index (χ1) is 5.75. The summed E-state index contributed by atoms with van der Waals surface area (Å²) < 4.78 is 0. The zero-order valence-electron chi connectivity index (χ0n) is 8.61. The third kappa shape index (κ3) is 2.34. The van der Waals surface area contributed by atoms with Crippen molar-refractivity contribution < 1.29 is 0 Å². The van der Waals surface area contributed by atoms with Gasteiger partial charge in [0, 0.05) is 6.54 Å². The Morgan fingerprint density at radius 3 is 2.92 bits per heavy atom. The van der Waals surface area contributed by atoms with Crippen LogP contribution in [0.2, 0.25) is 0 Å². The normalized spacial score (nSPS) is 28.8. The molecule has 1 nitrogen and oxygen atoms in total. The van der Waals surface area contributed by atoms with Gasteiger partial charge in [-0.2, -0.15) is 0 Å². The van der Waals surface area contributed by atoms with Crippen molar-refractivity contribution in [2.75, 3.05) is 13.1 Å². The van der Waals surface area contributed by atoms with Crippen LogP contribution in [0.1, 0.15) is 40.0 Å². The van der Waals surface area contributed by atoms with Gasteiger partial charge in [0.1, 0.15) is 0 Å². The molecule has 0 spiro atoms. The molecule has 0 radical (unpaired) electrons. The molecular formula is C11H21N. The lowest BCUT2D eigenvalue weighted by atomic mass is 9.89. The average molecular weight is 167 g/mol. The molecule has 1 fully saturated rings. The number of piperidine rings is 1. The Morgan fingerprint density at radius 1 is 1.58 bits per heavy atom. The second-order valence-electron chi connectivity index (χ2n) is 3.91. The maximum absolute atomic E-state index is 3.43. The van der Waals surface area contributed by atoms with E-state index in [0.29, 0.717) is 0 Å². The summed E-state index contributed by atoms with van der Waals surface area (Å²) >= 11 is 0. The van der Waals surface area contributed by atoms with Gasteiger partial charge in [0.05, 0.1) is 0 Å². The predicted octanol–water partition coefficient (Wildman–Crippen LogP) is 2.73. The zero-order chi connectivity index (χ0) is 8.97. The Hall–Kier alpha value is -0.300. The molecule has 1 unspecified atom stereocenters. The maximum atomic E-state index is 3.43. The Morgan fingerprint density at radius 2 is 2.33 bits per heavy atom. The van der Waals surface area contributed by atoms with Crippen molar-refractivity contribution in [2.45, 2.75) is 40.0 Å². The number of allylic oxidation sites excluding steroid dienone is 1. The van der Waals surface area contributed by atoms with Crippen molar-refractivity contribution in [2.24, 2.45) is 5.92 Å². The van der Waals surface area contributed by atoms with Crippen molar-refractivity contribution in [3.63, 3.8) is 0 Å². The Balaban J connectivity index is 2.61. The lowest BCUT2D eigenvalue weighted by Crippen LogP contribution is -2.30. The molecule has 0 amide bonds. The Kier molecular flexibility index (Phi) is 3.80. The second kappa shape index (κ2) is 4.66. The molecule has 70 valence electrons. The molecule has 1 rings (SSSR count). The van der Waals surface area contributed by atoms with Gasteiger partial charge in [-0.1, -0.05) is 31.4 Å². The predicted molar refractivity (Wildman–Crippen MR) is 54.3 cm³/mol. The summed E-state index contributed by atoms with van der Waals surface area (Å²) in [6.45, 7) is 9.26. The van der Waals surface area contributed by atoms with E-state index < -0.39 is 0 Å². The van der Waals surface area contributed by atoms with Crippen molar-refractivity contribution in [3.05, 3.63) is 11.1 Å². The van der Waals surface area contributed by atoms with Crippen molar-refractivity contribution in [1.29, 1.82) is 0 Å². The van der Waals surface area contributed by atoms with Gasteiger partial charge in [-0.15, -0.1) is 0 Å². The topological polar surface area (TPSA) is 12.0 Å². The van der Waals surface area contributed by atoms with Crippen molar-refractivity contribution in [3.8, 4) is 0 Å². The zero-order valence-corrected chi connectivity index (χ0v) is 8.61. The molecule has 1 saturated heterocycles. The Bertz CT molecular complexity index is 170. The molecule has 1 atom stereocenters. The molecule has 0 aromatic carbocycles. The molecule has 0 aromatic heterocycles. The maximum Gasteiger partial charge on any atom is 0.00144 e. The summed E-state index contributed by atoms with van der Waals surface area (Å²) in [5.41, 5.74) is 3.36. The number of nitrogens with one attached hydrogen (secondary N) is 1. The van der Waals surface area contributed by atoms with E-state index >= 15 is 0 Å². The van der Waals surface area contributed by atoms with Crippen molar-refractivity contribution in [1.82, 2.24) is 5.32 Å². The molecule has 0 saturated carbocycles. The summed E-state index contributed by atoms with van der Waals surface area (Å²) in [5.74, 6) is 0.769. The molecule has 0 aliphatic carbocycles. The molecule has 1 heteroatoms. The van der Waals surface area contributed by atoms with Crippen LogP contribution < -0.4 is 5.32 Å². The summed E-state index contributed by atoms with van der Waals surface area (Å²) in [4.78, 5) is 0. The molecular weight excluding hydrogens is 146 g/mol. The van der Waals surface area contributed by atoms with E-state index in [1.165, 1.54) is 32.4 Å². The summed E-state index contributed by atoms with van der Waals surface area (Å²) in [6.07, 6.45) is 3.85. The van der Waals surface area contributed by atoms with E-state index in [-0.39, 0.29) is 0 Å². The van der Waals surface area contributed by atoms with Crippen LogP contribution in [0.5, 0.6) is 0 Å². The van der Waals surface area contributed by atoms with Gasteiger partial charge in [0.25, 0.3) is 0 Å². The first-order valence-electron chi connectivity index (χ1n) is 5.15. The molecule has 1 aliphatic heterocycles. The highest BCUT2D eigenvalue weighted by Crippen LogP contribution is 2.23. The van der Waals surface area contributed by atoms with Crippen LogP contribution in [-0.2, 0) is 0 Å². The Labute approximate surface area is 76.2 Å². The average Bonchev–Trinajstić information content (AvgIpc) is 2.05. The van der Waals surface area contributed by atoms with Gasteiger partial charge in [-0.05, 0) is 32.2 Å². The summed E-state index contributed by atoms with van der Waals surface area (Å²) in [7, 11) is 0. The molecule has 1 aliphatic rings. The van der Waals surface area contributed by atoms with Crippen LogP contribution >= 0.6 is 0 Å². The third-order valence-electron chi connectivity index (χ3n) is 2.79. The van der Waals surface area contributed by atoms with Gasteiger partial charge >= 0.3 is 0 Å². The van der Waals surface area contributed by atoms with E-state index in [9.17, 15) is 0 Å².